The first kappa shape index (κ1) is 20.5. The summed E-state index contributed by atoms with van der Waals surface area (Å²) >= 11 is 5.89. The van der Waals surface area contributed by atoms with E-state index >= 15 is 0 Å². The number of Topliss-reactive ketones (excluding diaryl/α,β-unsaturated/α-hetero) is 1. The quantitative estimate of drug-likeness (QED) is 0.403. The molecule has 0 unspecified atom stereocenters. The Kier molecular flexibility index (Phi) is 6.70. The van der Waals surface area contributed by atoms with E-state index in [1.165, 1.54) is 37.7 Å². The van der Waals surface area contributed by atoms with Gasteiger partial charge in [0.15, 0.2) is 5.78 Å². The Balaban J connectivity index is 1.29. The summed E-state index contributed by atoms with van der Waals surface area (Å²) in [6, 6.07) is 23.0. The van der Waals surface area contributed by atoms with Gasteiger partial charge in [-0.05, 0) is 72.9 Å². The van der Waals surface area contributed by atoms with Gasteiger partial charge in [0.25, 0.3) is 0 Å². The van der Waals surface area contributed by atoms with Gasteiger partial charge in [0.05, 0.1) is 6.54 Å². The van der Waals surface area contributed by atoms with Crippen molar-refractivity contribution in [1.82, 2.24) is 0 Å². The van der Waals surface area contributed by atoms with E-state index in [9.17, 15) is 4.79 Å². The molecule has 0 spiro atoms. The van der Waals surface area contributed by atoms with Crippen LogP contribution >= 0.6 is 11.6 Å². The van der Waals surface area contributed by atoms with E-state index < -0.39 is 0 Å². The van der Waals surface area contributed by atoms with Gasteiger partial charge < -0.3 is 10.1 Å². The summed E-state index contributed by atoms with van der Waals surface area (Å²) in [6.07, 6.45) is 6.53. The maximum atomic E-state index is 12.5. The maximum Gasteiger partial charge on any atom is 0.181 e. The fraction of sp³-hybridized carbons (Fsp3) is 0.269. The van der Waals surface area contributed by atoms with Gasteiger partial charge in [-0.2, -0.15) is 0 Å². The Morgan fingerprint density at radius 3 is 2.07 bits per heavy atom. The summed E-state index contributed by atoms with van der Waals surface area (Å²) in [5, 5.41) is 3.87. The highest BCUT2D eigenvalue weighted by molar-refractivity contribution is 6.30. The normalized spacial score (nSPS) is 14.3. The van der Waals surface area contributed by atoms with Gasteiger partial charge in [-0.3, -0.25) is 4.79 Å². The molecule has 154 valence electrons. The number of carbonyl (C=O) groups excluding carboxylic acids is 1. The van der Waals surface area contributed by atoms with Gasteiger partial charge in [0.2, 0.25) is 0 Å². The average molecular weight is 420 g/mol. The Labute approximate surface area is 183 Å². The molecule has 0 aromatic heterocycles. The van der Waals surface area contributed by atoms with Crippen LogP contribution in [0.5, 0.6) is 11.5 Å². The Hall–Kier alpha value is -2.78. The molecule has 3 aromatic rings. The number of ketones is 1. The number of halogens is 1. The molecule has 0 heterocycles. The summed E-state index contributed by atoms with van der Waals surface area (Å²) in [6.45, 7) is 0.264. The third-order valence-corrected chi connectivity index (χ3v) is 5.92. The zero-order chi connectivity index (χ0) is 20.8. The molecule has 3 aromatic carbocycles. The second kappa shape index (κ2) is 9.82. The van der Waals surface area contributed by atoms with Crippen LogP contribution in [0.15, 0.2) is 72.8 Å². The predicted octanol–water partition coefficient (Wildman–Crippen LogP) is 7.47. The number of benzene rings is 3. The maximum absolute atomic E-state index is 12.5. The molecule has 4 rings (SSSR count). The van der Waals surface area contributed by atoms with Crippen molar-refractivity contribution >= 4 is 23.1 Å². The first-order valence-corrected chi connectivity index (χ1v) is 11.0. The van der Waals surface area contributed by atoms with Crippen LogP contribution < -0.4 is 10.1 Å². The summed E-state index contributed by atoms with van der Waals surface area (Å²) < 4.78 is 5.79. The predicted molar refractivity (Wildman–Crippen MR) is 123 cm³/mol. The molecule has 0 aliphatic heterocycles. The van der Waals surface area contributed by atoms with Gasteiger partial charge >= 0.3 is 0 Å². The lowest BCUT2D eigenvalue weighted by atomic mass is 9.84. The van der Waals surface area contributed by atoms with E-state index in [1.807, 2.05) is 48.5 Å². The van der Waals surface area contributed by atoms with Crippen LogP contribution in [0.1, 0.15) is 53.9 Å². The van der Waals surface area contributed by atoms with Crippen LogP contribution in [-0.4, -0.2) is 12.3 Å². The molecule has 1 fully saturated rings. The van der Waals surface area contributed by atoms with Crippen LogP contribution in [0.4, 0.5) is 5.69 Å². The van der Waals surface area contributed by atoms with E-state index in [-0.39, 0.29) is 12.3 Å². The van der Waals surface area contributed by atoms with Crippen molar-refractivity contribution in [2.75, 3.05) is 11.9 Å². The number of hydrogen-bond acceptors (Lipinski definition) is 3. The minimum absolute atomic E-state index is 0.0895. The van der Waals surface area contributed by atoms with Gasteiger partial charge in [-0.1, -0.05) is 55.1 Å². The number of rotatable bonds is 7. The van der Waals surface area contributed by atoms with Crippen molar-refractivity contribution in [3.8, 4) is 11.5 Å². The van der Waals surface area contributed by atoms with Gasteiger partial charge in [0.1, 0.15) is 11.5 Å². The number of ether oxygens (including phenoxy) is 1. The molecule has 1 N–H and O–H groups in total. The molecule has 4 heteroatoms. The van der Waals surface area contributed by atoms with Crippen LogP contribution in [-0.2, 0) is 0 Å². The highest BCUT2D eigenvalue weighted by Gasteiger charge is 2.15. The highest BCUT2D eigenvalue weighted by Crippen LogP contribution is 2.32. The smallest absolute Gasteiger partial charge is 0.181 e. The lowest BCUT2D eigenvalue weighted by Crippen LogP contribution is -2.14. The molecule has 0 atom stereocenters. The average Bonchev–Trinajstić information content (AvgIpc) is 2.80. The molecule has 1 aliphatic carbocycles. The standard InChI is InChI=1S/C26H26ClNO2/c27-22-10-14-24(15-11-22)30-25-16-12-23(13-17-25)28-18-26(29)21-8-6-20(7-9-21)19-4-2-1-3-5-19/h6-17,19,28H,1-5,18H2. The van der Waals surface area contributed by atoms with Crippen LogP contribution in [0.25, 0.3) is 0 Å². The first-order chi connectivity index (χ1) is 14.7. The Morgan fingerprint density at radius 1 is 0.833 bits per heavy atom. The second-order valence-corrected chi connectivity index (χ2v) is 8.25. The summed E-state index contributed by atoms with van der Waals surface area (Å²) in [5.74, 6) is 2.21. The van der Waals surface area contributed by atoms with Crippen molar-refractivity contribution < 1.29 is 9.53 Å². The lowest BCUT2D eigenvalue weighted by molar-refractivity contribution is 0.101. The van der Waals surface area contributed by atoms with Gasteiger partial charge in [0, 0.05) is 16.3 Å². The fourth-order valence-electron chi connectivity index (χ4n) is 3.94. The second-order valence-electron chi connectivity index (χ2n) is 7.81. The minimum atomic E-state index is 0.0895. The summed E-state index contributed by atoms with van der Waals surface area (Å²) in [5.41, 5.74) is 3.01. The minimum Gasteiger partial charge on any atom is -0.457 e. The van der Waals surface area contributed by atoms with Crippen LogP contribution in [0.2, 0.25) is 5.02 Å². The molecule has 30 heavy (non-hydrogen) atoms. The van der Waals surface area contributed by atoms with Crippen molar-refractivity contribution in [1.29, 1.82) is 0 Å². The number of hydrogen-bond donors (Lipinski definition) is 1. The molecule has 1 saturated carbocycles. The van der Waals surface area contributed by atoms with Crippen molar-refractivity contribution in [3.63, 3.8) is 0 Å². The zero-order valence-electron chi connectivity index (χ0n) is 16.9. The molecule has 0 radical (unpaired) electrons. The van der Waals surface area contributed by atoms with E-state index in [0.29, 0.717) is 10.9 Å². The molecule has 0 amide bonds. The van der Waals surface area contributed by atoms with Crippen molar-refractivity contribution in [2.45, 2.75) is 38.0 Å². The van der Waals surface area contributed by atoms with Crippen LogP contribution in [0.3, 0.4) is 0 Å². The third kappa shape index (κ3) is 5.43. The van der Waals surface area contributed by atoms with Gasteiger partial charge in [-0.25, -0.2) is 0 Å². The zero-order valence-corrected chi connectivity index (χ0v) is 17.7. The molecule has 3 nitrogen and oxygen atoms in total. The first-order valence-electron chi connectivity index (χ1n) is 10.6. The van der Waals surface area contributed by atoms with E-state index in [4.69, 9.17) is 16.3 Å². The highest BCUT2D eigenvalue weighted by atomic mass is 35.5. The van der Waals surface area contributed by atoms with Gasteiger partial charge in [-0.15, -0.1) is 0 Å². The molecule has 0 bridgehead atoms. The largest absolute Gasteiger partial charge is 0.457 e. The van der Waals surface area contributed by atoms with Crippen LogP contribution in [0, 0.1) is 0 Å². The number of carbonyl (C=O) groups is 1. The topological polar surface area (TPSA) is 38.3 Å². The summed E-state index contributed by atoms with van der Waals surface area (Å²) in [4.78, 5) is 12.5. The fourth-order valence-corrected chi connectivity index (χ4v) is 4.07. The number of anilines is 1. The SMILES string of the molecule is O=C(CNc1ccc(Oc2ccc(Cl)cc2)cc1)c1ccc(C2CCCCC2)cc1. The van der Waals surface area contributed by atoms with Crippen molar-refractivity contribution in [3.05, 3.63) is 88.9 Å². The van der Waals surface area contributed by atoms with E-state index in [2.05, 4.69) is 17.4 Å². The third-order valence-electron chi connectivity index (χ3n) is 5.67. The van der Waals surface area contributed by atoms with E-state index in [1.54, 1.807) is 12.1 Å². The molecular weight excluding hydrogens is 394 g/mol. The van der Waals surface area contributed by atoms with Crippen molar-refractivity contribution in [2.24, 2.45) is 0 Å². The Morgan fingerprint density at radius 2 is 1.43 bits per heavy atom. The summed E-state index contributed by atoms with van der Waals surface area (Å²) in [7, 11) is 0. The number of nitrogens with one attached hydrogen (secondary N) is 1. The van der Waals surface area contributed by atoms with E-state index in [0.717, 1.165) is 22.7 Å². The lowest BCUT2D eigenvalue weighted by Gasteiger charge is -2.22. The molecule has 0 saturated heterocycles. The monoisotopic (exact) mass is 419 g/mol. The molecular formula is C26H26ClNO2. The Bertz CT molecular complexity index is 959. The molecule has 1 aliphatic rings.